The fourth-order valence-electron chi connectivity index (χ4n) is 4.11. The van der Waals surface area contributed by atoms with Gasteiger partial charge in [0.05, 0.1) is 12.5 Å². The molecule has 1 N–H and O–H groups in total. The minimum Gasteiger partial charge on any atom is -0.326 e. The van der Waals surface area contributed by atoms with Gasteiger partial charge in [-0.1, -0.05) is 24.3 Å². The van der Waals surface area contributed by atoms with Crippen LogP contribution in [0.2, 0.25) is 0 Å². The fourth-order valence-corrected chi connectivity index (χ4v) is 4.11. The first kappa shape index (κ1) is 18.9. The van der Waals surface area contributed by atoms with Gasteiger partial charge in [0, 0.05) is 38.0 Å². The van der Waals surface area contributed by atoms with Gasteiger partial charge in [-0.25, -0.2) is 0 Å². The summed E-state index contributed by atoms with van der Waals surface area (Å²) in [4.78, 5) is 39.9. The Bertz CT molecular complexity index is 1030. The van der Waals surface area contributed by atoms with Crippen molar-refractivity contribution in [1.29, 1.82) is 0 Å². The number of hydrogen-bond acceptors (Lipinski definition) is 3. The highest BCUT2D eigenvalue weighted by Crippen LogP contribution is 2.34. The number of anilines is 2. The Morgan fingerprint density at radius 1 is 1.07 bits per heavy atom. The summed E-state index contributed by atoms with van der Waals surface area (Å²) in [6.07, 6.45) is 4.58. The maximum atomic E-state index is 12.8. The van der Waals surface area contributed by atoms with E-state index >= 15 is 0 Å². The van der Waals surface area contributed by atoms with Gasteiger partial charge < -0.3 is 15.1 Å². The molecule has 1 atom stereocenters. The van der Waals surface area contributed by atoms with Crippen LogP contribution in [0.25, 0.3) is 6.08 Å². The molecule has 0 spiro atoms. The van der Waals surface area contributed by atoms with Crippen molar-refractivity contribution in [2.24, 2.45) is 0 Å². The van der Waals surface area contributed by atoms with Crippen molar-refractivity contribution in [2.75, 3.05) is 16.8 Å². The quantitative estimate of drug-likeness (QED) is 0.874. The van der Waals surface area contributed by atoms with Crippen LogP contribution in [0, 0.1) is 0 Å². The van der Waals surface area contributed by atoms with E-state index in [1.54, 1.807) is 22.9 Å². The molecule has 0 saturated heterocycles. The van der Waals surface area contributed by atoms with Crippen LogP contribution in [0.3, 0.4) is 0 Å². The van der Waals surface area contributed by atoms with Gasteiger partial charge in [0.15, 0.2) is 0 Å². The first-order valence-corrected chi connectivity index (χ1v) is 9.71. The summed E-state index contributed by atoms with van der Waals surface area (Å²) in [7, 11) is 0. The molecule has 29 heavy (non-hydrogen) atoms. The molecule has 0 aliphatic carbocycles. The normalized spacial score (nSPS) is 17.0. The first-order chi connectivity index (χ1) is 13.9. The lowest BCUT2D eigenvalue weighted by atomic mass is 9.93. The molecule has 0 radical (unpaired) electrons. The third-order valence-electron chi connectivity index (χ3n) is 5.49. The Morgan fingerprint density at radius 2 is 1.86 bits per heavy atom. The van der Waals surface area contributed by atoms with Gasteiger partial charge >= 0.3 is 0 Å². The summed E-state index contributed by atoms with van der Waals surface area (Å²) in [6.45, 7) is 3.73. The van der Waals surface area contributed by atoms with Gasteiger partial charge in [0.25, 0.3) is 0 Å². The highest BCUT2D eigenvalue weighted by atomic mass is 16.2. The SMILES string of the molecule is CC(=O)N1CCc2cc(NC(=O)C[C@H]3c4ccccc4C=CN3C(C)=O)ccc21. The summed E-state index contributed by atoms with van der Waals surface area (Å²) in [5, 5.41) is 2.95. The molecule has 0 aromatic heterocycles. The van der Waals surface area contributed by atoms with Crippen LogP contribution in [0.1, 0.15) is 43.0 Å². The van der Waals surface area contributed by atoms with Crippen molar-refractivity contribution in [2.45, 2.75) is 32.7 Å². The number of hydrogen-bond donors (Lipinski definition) is 1. The average Bonchev–Trinajstić information content (AvgIpc) is 3.11. The third-order valence-corrected chi connectivity index (χ3v) is 5.49. The van der Waals surface area contributed by atoms with Crippen LogP contribution >= 0.6 is 0 Å². The molecule has 0 bridgehead atoms. The molecule has 0 unspecified atom stereocenters. The molecular weight excluding hydrogens is 366 g/mol. The monoisotopic (exact) mass is 389 g/mol. The molecule has 0 saturated carbocycles. The molecule has 2 aromatic rings. The van der Waals surface area contributed by atoms with E-state index < -0.39 is 0 Å². The molecule has 3 amide bonds. The fraction of sp³-hybridized carbons (Fsp3) is 0.261. The van der Waals surface area contributed by atoms with E-state index in [0.29, 0.717) is 12.2 Å². The van der Waals surface area contributed by atoms with Crippen molar-refractivity contribution < 1.29 is 14.4 Å². The molecule has 2 aliphatic heterocycles. The molecule has 2 heterocycles. The van der Waals surface area contributed by atoms with Crippen molar-refractivity contribution in [3.8, 4) is 0 Å². The summed E-state index contributed by atoms with van der Waals surface area (Å²) in [5.74, 6) is -0.239. The second kappa shape index (κ2) is 7.54. The van der Waals surface area contributed by atoms with Gasteiger partial charge in [-0.2, -0.15) is 0 Å². The number of fused-ring (bicyclic) bond motifs is 2. The molecule has 4 rings (SSSR count). The summed E-state index contributed by atoms with van der Waals surface area (Å²) < 4.78 is 0. The van der Waals surface area contributed by atoms with Crippen molar-refractivity contribution in [3.05, 3.63) is 65.4 Å². The lowest BCUT2D eigenvalue weighted by molar-refractivity contribution is -0.129. The Kier molecular flexibility index (Phi) is 4.92. The standard InChI is InChI=1S/C23H23N3O3/c1-15(27)25-12-10-18-13-19(7-8-21(18)25)24-23(29)14-22-20-6-4-3-5-17(20)9-11-26(22)16(2)28/h3-9,11,13,22H,10,12,14H2,1-2H3,(H,24,29)/t22-/m0/s1. The van der Waals surface area contributed by atoms with Gasteiger partial charge in [0.1, 0.15) is 0 Å². The molecule has 2 aromatic carbocycles. The Hall–Kier alpha value is -3.41. The number of carbonyl (C=O) groups is 3. The molecule has 2 aliphatic rings. The van der Waals surface area contributed by atoms with Crippen LogP contribution in [0.4, 0.5) is 11.4 Å². The maximum absolute atomic E-state index is 12.8. The van der Waals surface area contributed by atoms with Crippen molar-refractivity contribution >= 4 is 35.2 Å². The number of nitrogens with zero attached hydrogens (tertiary/aromatic N) is 2. The minimum absolute atomic E-state index is 0.0221. The van der Waals surface area contributed by atoms with Gasteiger partial charge in [0.2, 0.25) is 17.7 Å². The van der Waals surface area contributed by atoms with E-state index in [0.717, 1.165) is 28.8 Å². The lowest BCUT2D eigenvalue weighted by Gasteiger charge is -2.32. The van der Waals surface area contributed by atoms with Gasteiger partial charge in [-0.3, -0.25) is 14.4 Å². The van der Waals surface area contributed by atoms with Crippen LogP contribution < -0.4 is 10.2 Å². The van der Waals surface area contributed by atoms with Crippen LogP contribution in [0.5, 0.6) is 0 Å². The predicted octanol–water partition coefficient (Wildman–Crippen LogP) is 3.50. The van der Waals surface area contributed by atoms with Gasteiger partial charge in [-0.05, 0) is 47.4 Å². The van der Waals surface area contributed by atoms with E-state index in [9.17, 15) is 14.4 Å². The molecule has 0 fully saturated rings. The molecule has 6 nitrogen and oxygen atoms in total. The number of rotatable bonds is 3. The summed E-state index contributed by atoms with van der Waals surface area (Å²) in [6, 6.07) is 13.1. The van der Waals surface area contributed by atoms with E-state index in [2.05, 4.69) is 5.32 Å². The maximum Gasteiger partial charge on any atom is 0.226 e. The Morgan fingerprint density at radius 3 is 2.62 bits per heavy atom. The minimum atomic E-state index is -0.337. The predicted molar refractivity (Wildman–Crippen MR) is 112 cm³/mol. The largest absolute Gasteiger partial charge is 0.326 e. The smallest absolute Gasteiger partial charge is 0.226 e. The second-order valence-electron chi connectivity index (χ2n) is 7.40. The van der Waals surface area contributed by atoms with Crippen LogP contribution in [-0.4, -0.2) is 29.2 Å². The Labute approximate surface area is 169 Å². The number of carbonyl (C=O) groups excluding carboxylic acids is 3. The van der Waals surface area contributed by atoms with E-state index in [4.69, 9.17) is 0 Å². The van der Waals surface area contributed by atoms with Crippen LogP contribution in [-0.2, 0) is 20.8 Å². The van der Waals surface area contributed by atoms with Crippen molar-refractivity contribution in [1.82, 2.24) is 4.90 Å². The topological polar surface area (TPSA) is 69.7 Å². The molecule has 148 valence electrons. The van der Waals surface area contributed by atoms with Crippen molar-refractivity contribution in [3.63, 3.8) is 0 Å². The molecular formula is C23H23N3O3. The Balaban J connectivity index is 1.52. The number of nitrogens with one attached hydrogen (secondary N) is 1. The first-order valence-electron chi connectivity index (χ1n) is 9.71. The number of benzene rings is 2. The zero-order valence-corrected chi connectivity index (χ0v) is 16.5. The zero-order chi connectivity index (χ0) is 20.5. The molecule has 6 heteroatoms. The summed E-state index contributed by atoms with van der Waals surface area (Å²) in [5.41, 5.74) is 4.64. The zero-order valence-electron chi connectivity index (χ0n) is 16.5. The van der Waals surface area contributed by atoms with E-state index in [1.165, 1.54) is 6.92 Å². The lowest BCUT2D eigenvalue weighted by Crippen LogP contribution is -2.33. The highest BCUT2D eigenvalue weighted by molar-refractivity contribution is 5.96. The van der Waals surface area contributed by atoms with Gasteiger partial charge in [-0.15, -0.1) is 0 Å². The second-order valence-corrected chi connectivity index (χ2v) is 7.40. The summed E-state index contributed by atoms with van der Waals surface area (Å²) >= 11 is 0. The highest BCUT2D eigenvalue weighted by Gasteiger charge is 2.28. The third kappa shape index (κ3) is 3.66. The number of amides is 3. The van der Waals surface area contributed by atoms with Crippen LogP contribution in [0.15, 0.2) is 48.7 Å². The average molecular weight is 389 g/mol. The van der Waals surface area contributed by atoms with E-state index in [-0.39, 0.29) is 30.2 Å². The van der Waals surface area contributed by atoms with E-state index in [1.807, 2.05) is 48.5 Å².